The van der Waals surface area contributed by atoms with Crippen LogP contribution in [0.2, 0.25) is 0 Å². The van der Waals surface area contributed by atoms with E-state index in [4.69, 9.17) is 9.47 Å². The molecule has 2 fully saturated rings. The number of nitrogens with one attached hydrogen (secondary N) is 1. The Morgan fingerprint density at radius 3 is 2.48 bits per heavy atom. The van der Waals surface area contributed by atoms with Gasteiger partial charge in [0.15, 0.2) is 0 Å². The van der Waals surface area contributed by atoms with Gasteiger partial charge < -0.3 is 14.8 Å². The third-order valence-electron chi connectivity index (χ3n) is 4.85. The number of methoxy groups -OCH3 is 1. The van der Waals surface area contributed by atoms with E-state index in [-0.39, 0.29) is 0 Å². The van der Waals surface area contributed by atoms with Crippen LogP contribution in [0.4, 0.5) is 0 Å². The zero-order valence-corrected chi connectivity index (χ0v) is 14.3. The second-order valence-corrected chi connectivity index (χ2v) is 7.09. The molecule has 1 aliphatic carbocycles. The molecule has 1 saturated carbocycles. The Balaban J connectivity index is 1.74. The van der Waals surface area contributed by atoms with Crippen LogP contribution in [0.1, 0.15) is 46.5 Å². The van der Waals surface area contributed by atoms with E-state index in [0.29, 0.717) is 24.3 Å². The van der Waals surface area contributed by atoms with Crippen molar-refractivity contribution in [2.24, 2.45) is 5.92 Å². The average Bonchev–Trinajstić information content (AvgIpc) is 3.21. The molecule has 1 aliphatic heterocycles. The molecule has 2 aliphatic rings. The van der Waals surface area contributed by atoms with Crippen LogP contribution in [-0.2, 0) is 9.47 Å². The fraction of sp³-hybridized carbons (Fsp3) is 1.00. The minimum Gasteiger partial charge on any atom is -0.383 e. The first-order chi connectivity index (χ1) is 10.1. The van der Waals surface area contributed by atoms with Crippen LogP contribution in [0.25, 0.3) is 0 Å². The normalized spacial score (nSPS) is 27.7. The number of nitrogens with zero attached hydrogens (tertiary/aromatic N) is 1. The quantitative estimate of drug-likeness (QED) is 0.671. The van der Waals surface area contributed by atoms with Gasteiger partial charge in [0.2, 0.25) is 0 Å². The lowest BCUT2D eigenvalue weighted by Gasteiger charge is -2.31. The number of hydrogen-bond acceptors (Lipinski definition) is 4. The van der Waals surface area contributed by atoms with Crippen molar-refractivity contribution >= 4 is 0 Å². The number of rotatable bonds is 10. The summed E-state index contributed by atoms with van der Waals surface area (Å²) in [6.07, 6.45) is 6.00. The molecule has 0 spiro atoms. The van der Waals surface area contributed by atoms with Crippen molar-refractivity contribution < 1.29 is 9.47 Å². The van der Waals surface area contributed by atoms with Gasteiger partial charge in [-0.1, -0.05) is 13.8 Å². The van der Waals surface area contributed by atoms with Crippen LogP contribution < -0.4 is 5.32 Å². The molecule has 3 atom stereocenters. The largest absolute Gasteiger partial charge is 0.383 e. The monoisotopic (exact) mass is 298 g/mol. The average molecular weight is 298 g/mol. The molecule has 1 saturated heterocycles. The summed E-state index contributed by atoms with van der Waals surface area (Å²) < 4.78 is 11.5. The first-order valence-corrected chi connectivity index (χ1v) is 8.72. The molecule has 0 aromatic rings. The number of hydrogen-bond donors (Lipinski definition) is 1. The van der Waals surface area contributed by atoms with E-state index >= 15 is 0 Å². The molecule has 21 heavy (non-hydrogen) atoms. The maximum absolute atomic E-state index is 6.23. The van der Waals surface area contributed by atoms with Crippen molar-refractivity contribution in [3.05, 3.63) is 0 Å². The summed E-state index contributed by atoms with van der Waals surface area (Å²) in [7, 11) is 1.79. The second-order valence-electron chi connectivity index (χ2n) is 7.09. The highest BCUT2D eigenvalue weighted by atomic mass is 16.5. The molecule has 0 amide bonds. The van der Waals surface area contributed by atoms with E-state index in [1.54, 1.807) is 7.11 Å². The van der Waals surface area contributed by atoms with Crippen LogP contribution in [0.5, 0.6) is 0 Å². The van der Waals surface area contributed by atoms with E-state index in [1.807, 2.05) is 0 Å². The molecule has 0 aromatic carbocycles. The van der Waals surface area contributed by atoms with Crippen molar-refractivity contribution in [2.45, 2.75) is 70.7 Å². The fourth-order valence-electron chi connectivity index (χ4n) is 3.24. The van der Waals surface area contributed by atoms with Crippen LogP contribution >= 0.6 is 0 Å². The van der Waals surface area contributed by atoms with Gasteiger partial charge in [-0.25, -0.2) is 0 Å². The minimum atomic E-state index is 0.401. The zero-order valence-electron chi connectivity index (χ0n) is 14.3. The van der Waals surface area contributed by atoms with E-state index in [2.05, 4.69) is 31.0 Å². The summed E-state index contributed by atoms with van der Waals surface area (Å²) >= 11 is 0. The number of ether oxygens (including phenoxy) is 2. The summed E-state index contributed by atoms with van der Waals surface area (Å²) in [5.41, 5.74) is 0. The standard InChI is InChI=1S/C17H34N2O2/c1-13(2)18-11-16-7-8-17(21-16)12-19(9-10-20-4)14(3)15-5-6-15/h13-18H,5-12H2,1-4H3. The van der Waals surface area contributed by atoms with Gasteiger partial charge in [-0.15, -0.1) is 0 Å². The minimum absolute atomic E-state index is 0.401. The molecule has 1 N–H and O–H groups in total. The van der Waals surface area contributed by atoms with Crippen LogP contribution in [0.15, 0.2) is 0 Å². The van der Waals surface area contributed by atoms with Gasteiger partial charge in [0, 0.05) is 38.8 Å². The molecule has 1 heterocycles. The van der Waals surface area contributed by atoms with E-state index < -0.39 is 0 Å². The van der Waals surface area contributed by atoms with Gasteiger partial charge in [-0.3, -0.25) is 4.90 Å². The highest BCUT2D eigenvalue weighted by Crippen LogP contribution is 2.35. The van der Waals surface area contributed by atoms with Gasteiger partial charge in [0.25, 0.3) is 0 Å². The zero-order chi connectivity index (χ0) is 15.2. The van der Waals surface area contributed by atoms with Gasteiger partial charge in [0.05, 0.1) is 18.8 Å². The highest BCUT2D eigenvalue weighted by Gasteiger charge is 2.34. The van der Waals surface area contributed by atoms with Crippen LogP contribution in [-0.4, -0.2) is 62.5 Å². The Kier molecular flexibility index (Phi) is 6.93. The van der Waals surface area contributed by atoms with E-state index in [0.717, 1.165) is 32.2 Å². The molecular formula is C17H34N2O2. The van der Waals surface area contributed by atoms with Crippen molar-refractivity contribution in [3.63, 3.8) is 0 Å². The molecule has 0 radical (unpaired) electrons. The van der Waals surface area contributed by atoms with E-state index in [1.165, 1.54) is 25.7 Å². The summed E-state index contributed by atoms with van der Waals surface area (Å²) in [6.45, 7) is 10.7. The molecular weight excluding hydrogens is 264 g/mol. The third-order valence-corrected chi connectivity index (χ3v) is 4.85. The van der Waals surface area contributed by atoms with Crippen molar-refractivity contribution in [1.29, 1.82) is 0 Å². The summed E-state index contributed by atoms with van der Waals surface area (Å²) in [5, 5.41) is 3.49. The Labute approximate surface area is 130 Å². The van der Waals surface area contributed by atoms with Crippen molar-refractivity contribution in [3.8, 4) is 0 Å². The smallest absolute Gasteiger partial charge is 0.0707 e. The maximum Gasteiger partial charge on any atom is 0.0707 e. The Morgan fingerprint density at radius 1 is 1.14 bits per heavy atom. The fourth-order valence-corrected chi connectivity index (χ4v) is 3.24. The molecule has 0 aromatic heterocycles. The molecule has 124 valence electrons. The topological polar surface area (TPSA) is 33.7 Å². The highest BCUT2D eigenvalue weighted by molar-refractivity contribution is 4.87. The van der Waals surface area contributed by atoms with Crippen LogP contribution in [0, 0.1) is 5.92 Å². The lowest BCUT2D eigenvalue weighted by atomic mass is 10.1. The summed E-state index contributed by atoms with van der Waals surface area (Å²) in [6, 6.07) is 1.22. The van der Waals surface area contributed by atoms with Gasteiger partial charge in [-0.05, 0) is 38.5 Å². The summed E-state index contributed by atoms with van der Waals surface area (Å²) in [4.78, 5) is 2.59. The Bertz CT molecular complexity index is 295. The predicted octanol–water partition coefficient (Wildman–Crippen LogP) is 2.28. The Morgan fingerprint density at radius 2 is 1.86 bits per heavy atom. The first kappa shape index (κ1) is 17.2. The van der Waals surface area contributed by atoms with Crippen molar-refractivity contribution in [1.82, 2.24) is 10.2 Å². The third kappa shape index (κ3) is 5.85. The maximum atomic E-state index is 6.23. The van der Waals surface area contributed by atoms with Gasteiger partial charge >= 0.3 is 0 Å². The van der Waals surface area contributed by atoms with Gasteiger partial charge in [-0.2, -0.15) is 0 Å². The lowest BCUT2D eigenvalue weighted by molar-refractivity contribution is 0.00705. The first-order valence-electron chi connectivity index (χ1n) is 8.72. The molecule has 4 heteroatoms. The van der Waals surface area contributed by atoms with E-state index in [9.17, 15) is 0 Å². The molecule has 4 nitrogen and oxygen atoms in total. The predicted molar refractivity (Wildman–Crippen MR) is 86.7 cm³/mol. The molecule has 0 bridgehead atoms. The Hall–Kier alpha value is -0.160. The second kappa shape index (κ2) is 8.47. The van der Waals surface area contributed by atoms with Crippen LogP contribution in [0.3, 0.4) is 0 Å². The lowest BCUT2D eigenvalue weighted by Crippen LogP contribution is -2.42. The van der Waals surface area contributed by atoms with Crippen molar-refractivity contribution in [2.75, 3.05) is 33.4 Å². The van der Waals surface area contributed by atoms with Gasteiger partial charge in [0.1, 0.15) is 0 Å². The molecule has 2 rings (SSSR count). The summed E-state index contributed by atoms with van der Waals surface area (Å²) in [5.74, 6) is 0.904. The SMILES string of the molecule is COCCN(CC1CCC(CNC(C)C)O1)C(C)C1CC1. The molecule has 3 unspecified atom stereocenters.